The minimum atomic E-state index is -0.588. The molecule has 1 saturated heterocycles. The van der Waals surface area contributed by atoms with Gasteiger partial charge in [0.1, 0.15) is 18.0 Å². The van der Waals surface area contributed by atoms with Gasteiger partial charge in [-0.2, -0.15) is 5.10 Å². The average molecular weight is 326 g/mol. The molecule has 1 N–H and O–H groups in total. The minimum Gasteiger partial charge on any atom is -0.328 e. The zero-order valence-electron chi connectivity index (χ0n) is 12.8. The van der Waals surface area contributed by atoms with Gasteiger partial charge in [0.15, 0.2) is 0 Å². The van der Waals surface area contributed by atoms with Crippen molar-refractivity contribution in [3.63, 3.8) is 0 Å². The number of carbonyl (C=O) groups is 1. The molecule has 122 valence electrons. The highest BCUT2D eigenvalue weighted by Crippen LogP contribution is 2.30. The average Bonchev–Trinajstić information content (AvgIpc) is 3.15. The molecule has 4 rings (SSSR count). The van der Waals surface area contributed by atoms with Crippen LogP contribution in [0.2, 0.25) is 0 Å². The van der Waals surface area contributed by atoms with Crippen molar-refractivity contribution >= 4 is 16.9 Å². The van der Waals surface area contributed by atoms with E-state index >= 15 is 0 Å². The number of nitrogens with zero attached hydrogens (tertiary/aromatic N) is 5. The van der Waals surface area contributed by atoms with Crippen molar-refractivity contribution in [2.24, 2.45) is 0 Å². The predicted octanol–water partition coefficient (Wildman–Crippen LogP) is 2.25. The maximum atomic E-state index is 14.4. The minimum absolute atomic E-state index is 0.00872. The molecule has 3 aromatic rings. The molecular formula is C16H15FN6O. The summed E-state index contributed by atoms with van der Waals surface area (Å²) in [5, 5.41) is 6.67. The van der Waals surface area contributed by atoms with Crippen LogP contribution in [-0.4, -0.2) is 42.5 Å². The zero-order chi connectivity index (χ0) is 16.5. The van der Waals surface area contributed by atoms with Crippen molar-refractivity contribution in [1.29, 1.82) is 0 Å². The molecule has 1 amide bonds. The number of hydrogen-bond acceptors (Lipinski definition) is 5. The molecule has 2 aromatic heterocycles. The van der Waals surface area contributed by atoms with Crippen LogP contribution in [0, 0.1) is 5.82 Å². The molecule has 1 atom stereocenters. The number of benzene rings is 1. The summed E-state index contributed by atoms with van der Waals surface area (Å²) >= 11 is 0. The topological polar surface area (TPSA) is 87.7 Å². The first-order valence-corrected chi connectivity index (χ1v) is 7.80. The molecule has 0 saturated carbocycles. The summed E-state index contributed by atoms with van der Waals surface area (Å²) in [4.78, 5) is 27.0. The number of nitrogens with one attached hydrogen (secondary N) is 1. The zero-order valence-corrected chi connectivity index (χ0v) is 12.8. The Morgan fingerprint density at radius 3 is 2.71 bits per heavy atom. The fraction of sp³-hybridized carbons (Fsp3) is 0.312. The molecule has 0 spiro atoms. The third-order valence-corrected chi connectivity index (χ3v) is 4.30. The maximum absolute atomic E-state index is 14.4. The Morgan fingerprint density at radius 2 is 1.96 bits per heavy atom. The number of rotatable bonds is 2. The molecule has 1 aliphatic rings. The van der Waals surface area contributed by atoms with Gasteiger partial charge in [0.25, 0.3) is 5.91 Å². The Hall–Kier alpha value is -2.90. The molecule has 1 unspecified atom stereocenters. The van der Waals surface area contributed by atoms with Crippen molar-refractivity contribution in [3.8, 4) is 0 Å². The highest BCUT2D eigenvalue weighted by atomic mass is 19.1. The SMILES string of the molecule is O=C(c1cc2nccnc2cc1F)N1CCCCC1c1ncn[nH]1. The Balaban J connectivity index is 1.72. The van der Waals surface area contributed by atoms with Crippen LogP contribution < -0.4 is 0 Å². The van der Waals surface area contributed by atoms with Gasteiger partial charge in [0, 0.05) is 25.0 Å². The number of amides is 1. The predicted molar refractivity (Wildman–Crippen MR) is 83.5 cm³/mol. The molecule has 0 bridgehead atoms. The van der Waals surface area contributed by atoms with E-state index in [0.29, 0.717) is 23.4 Å². The number of piperidine rings is 1. The van der Waals surface area contributed by atoms with Gasteiger partial charge in [0.2, 0.25) is 0 Å². The fourth-order valence-corrected chi connectivity index (χ4v) is 3.14. The number of aromatic nitrogens is 5. The summed E-state index contributed by atoms with van der Waals surface area (Å²) in [5.41, 5.74) is 0.932. The van der Waals surface area contributed by atoms with Gasteiger partial charge in [-0.3, -0.25) is 19.9 Å². The lowest BCUT2D eigenvalue weighted by Crippen LogP contribution is -2.39. The summed E-state index contributed by atoms with van der Waals surface area (Å²) in [6, 6.07) is 2.50. The van der Waals surface area contributed by atoms with Gasteiger partial charge in [-0.05, 0) is 25.3 Å². The second-order valence-electron chi connectivity index (χ2n) is 5.76. The number of likely N-dealkylation sites (tertiary alicyclic amines) is 1. The molecule has 0 aliphatic carbocycles. The molecule has 24 heavy (non-hydrogen) atoms. The lowest BCUT2D eigenvalue weighted by atomic mass is 10.00. The summed E-state index contributed by atoms with van der Waals surface area (Å²) in [6.45, 7) is 0.558. The van der Waals surface area contributed by atoms with Crippen LogP contribution in [0.5, 0.6) is 0 Å². The van der Waals surface area contributed by atoms with E-state index in [1.807, 2.05) is 0 Å². The van der Waals surface area contributed by atoms with Gasteiger partial charge in [-0.25, -0.2) is 9.37 Å². The van der Waals surface area contributed by atoms with Crippen molar-refractivity contribution in [3.05, 3.63) is 48.1 Å². The van der Waals surface area contributed by atoms with Crippen LogP contribution in [0.3, 0.4) is 0 Å². The van der Waals surface area contributed by atoms with E-state index in [1.165, 1.54) is 30.9 Å². The van der Waals surface area contributed by atoms with Crippen molar-refractivity contribution in [1.82, 2.24) is 30.0 Å². The number of fused-ring (bicyclic) bond motifs is 1. The Bertz CT molecular complexity index is 881. The first-order valence-electron chi connectivity index (χ1n) is 7.80. The van der Waals surface area contributed by atoms with E-state index in [1.54, 1.807) is 4.90 Å². The van der Waals surface area contributed by atoms with Crippen LogP contribution in [0.15, 0.2) is 30.9 Å². The van der Waals surface area contributed by atoms with Crippen LogP contribution in [-0.2, 0) is 0 Å². The first kappa shape index (κ1) is 14.7. The Morgan fingerprint density at radius 1 is 1.17 bits per heavy atom. The smallest absolute Gasteiger partial charge is 0.257 e. The van der Waals surface area contributed by atoms with Crippen molar-refractivity contribution in [2.45, 2.75) is 25.3 Å². The normalized spacial score (nSPS) is 18.0. The number of halogens is 1. The number of hydrogen-bond donors (Lipinski definition) is 1. The number of aromatic amines is 1. The van der Waals surface area contributed by atoms with E-state index < -0.39 is 5.82 Å². The molecule has 1 aromatic carbocycles. The molecule has 7 nitrogen and oxygen atoms in total. The van der Waals surface area contributed by atoms with Crippen LogP contribution in [0.1, 0.15) is 41.5 Å². The van der Waals surface area contributed by atoms with Crippen molar-refractivity contribution in [2.75, 3.05) is 6.54 Å². The van der Waals surface area contributed by atoms with Gasteiger partial charge in [-0.15, -0.1) is 0 Å². The second-order valence-corrected chi connectivity index (χ2v) is 5.76. The third kappa shape index (κ3) is 2.49. The van der Waals surface area contributed by atoms with Crippen LogP contribution >= 0.6 is 0 Å². The highest BCUT2D eigenvalue weighted by Gasteiger charge is 2.32. The van der Waals surface area contributed by atoms with Crippen LogP contribution in [0.25, 0.3) is 11.0 Å². The van der Waals surface area contributed by atoms with Gasteiger partial charge in [0.05, 0.1) is 22.6 Å². The first-order chi connectivity index (χ1) is 11.7. The summed E-state index contributed by atoms with van der Waals surface area (Å²) in [5.74, 6) is -0.319. The molecule has 0 radical (unpaired) electrons. The summed E-state index contributed by atoms with van der Waals surface area (Å²) in [7, 11) is 0. The summed E-state index contributed by atoms with van der Waals surface area (Å²) < 4.78 is 14.4. The molecule has 3 heterocycles. The van der Waals surface area contributed by atoms with E-state index in [9.17, 15) is 9.18 Å². The fourth-order valence-electron chi connectivity index (χ4n) is 3.14. The van der Waals surface area contributed by atoms with E-state index in [0.717, 1.165) is 19.3 Å². The Labute approximate surface area is 136 Å². The van der Waals surface area contributed by atoms with Crippen LogP contribution in [0.4, 0.5) is 4.39 Å². The van der Waals surface area contributed by atoms with E-state index in [-0.39, 0.29) is 17.5 Å². The van der Waals surface area contributed by atoms with E-state index in [4.69, 9.17) is 0 Å². The lowest BCUT2D eigenvalue weighted by molar-refractivity contribution is 0.0596. The maximum Gasteiger partial charge on any atom is 0.257 e. The lowest BCUT2D eigenvalue weighted by Gasteiger charge is -2.34. The standard InChI is InChI=1S/C16H15FN6O/c17-11-8-13-12(18-4-5-19-13)7-10(11)16(24)23-6-2-1-3-14(23)15-20-9-21-22-15/h4-5,7-9,14H,1-3,6H2,(H,20,21,22). The number of H-pyrrole nitrogens is 1. The van der Waals surface area contributed by atoms with E-state index in [2.05, 4.69) is 25.1 Å². The molecule has 8 heteroatoms. The molecular weight excluding hydrogens is 311 g/mol. The highest BCUT2D eigenvalue weighted by molar-refractivity contribution is 5.97. The molecule has 1 aliphatic heterocycles. The van der Waals surface area contributed by atoms with Gasteiger partial charge < -0.3 is 4.90 Å². The quantitative estimate of drug-likeness (QED) is 0.780. The largest absolute Gasteiger partial charge is 0.328 e. The van der Waals surface area contributed by atoms with Crippen molar-refractivity contribution < 1.29 is 9.18 Å². The monoisotopic (exact) mass is 326 g/mol. The third-order valence-electron chi connectivity index (χ3n) is 4.30. The molecule has 1 fully saturated rings. The Kier molecular flexibility index (Phi) is 3.64. The second kappa shape index (κ2) is 5.95. The number of carbonyl (C=O) groups excluding carboxylic acids is 1. The van der Waals surface area contributed by atoms with Gasteiger partial charge >= 0.3 is 0 Å². The summed E-state index contributed by atoms with van der Waals surface area (Å²) in [6.07, 6.45) is 7.07. The van der Waals surface area contributed by atoms with Gasteiger partial charge in [-0.1, -0.05) is 0 Å².